The summed E-state index contributed by atoms with van der Waals surface area (Å²) in [5, 5.41) is 20.0. The van der Waals surface area contributed by atoms with Crippen LogP contribution in [0.4, 0.5) is 0 Å². The number of hydrogen-bond acceptors (Lipinski definition) is 7. The number of hydrogen-bond donors (Lipinski definition) is 2. The molecule has 1 aromatic carbocycles. The molecule has 0 unspecified atom stereocenters. The number of amides is 1. The first-order valence-electron chi connectivity index (χ1n) is 9.65. The Hall–Kier alpha value is -2.29. The number of benzene rings is 1. The van der Waals surface area contributed by atoms with E-state index in [1.165, 1.54) is 6.33 Å². The Labute approximate surface area is 163 Å². The SMILES string of the molecule is O=C(COc1ncnc2ccccc12)N1CCC2(CC1)[C@H](O)C[C@@H]2OCCO. The highest BCUT2D eigenvalue weighted by Crippen LogP contribution is 2.50. The molecule has 150 valence electrons. The molecule has 1 saturated carbocycles. The van der Waals surface area contributed by atoms with E-state index in [-0.39, 0.29) is 37.2 Å². The van der Waals surface area contributed by atoms with E-state index in [1.54, 1.807) is 4.90 Å². The molecule has 1 saturated heterocycles. The van der Waals surface area contributed by atoms with Gasteiger partial charge in [0.25, 0.3) is 5.91 Å². The summed E-state index contributed by atoms with van der Waals surface area (Å²) in [6, 6.07) is 7.50. The van der Waals surface area contributed by atoms with E-state index in [2.05, 4.69) is 9.97 Å². The smallest absolute Gasteiger partial charge is 0.260 e. The van der Waals surface area contributed by atoms with Crippen LogP contribution in [0.5, 0.6) is 5.88 Å². The maximum Gasteiger partial charge on any atom is 0.260 e. The van der Waals surface area contributed by atoms with Crippen molar-refractivity contribution in [1.82, 2.24) is 14.9 Å². The molecule has 2 heterocycles. The summed E-state index contributed by atoms with van der Waals surface area (Å²) in [4.78, 5) is 22.7. The van der Waals surface area contributed by atoms with Crippen molar-refractivity contribution >= 4 is 16.8 Å². The maximum absolute atomic E-state index is 12.6. The maximum atomic E-state index is 12.6. The molecule has 2 aromatic rings. The Morgan fingerprint density at radius 1 is 1.25 bits per heavy atom. The van der Waals surface area contributed by atoms with Crippen molar-refractivity contribution in [2.24, 2.45) is 5.41 Å². The molecule has 28 heavy (non-hydrogen) atoms. The highest BCUT2D eigenvalue weighted by molar-refractivity contribution is 5.84. The van der Waals surface area contributed by atoms with Gasteiger partial charge >= 0.3 is 0 Å². The summed E-state index contributed by atoms with van der Waals surface area (Å²) < 4.78 is 11.4. The number of aliphatic hydroxyl groups is 2. The number of piperidine rings is 1. The summed E-state index contributed by atoms with van der Waals surface area (Å²) in [5.41, 5.74) is 0.475. The zero-order valence-corrected chi connectivity index (χ0v) is 15.7. The number of ether oxygens (including phenoxy) is 2. The Morgan fingerprint density at radius 2 is 2.04 bits per heavy atom. The topological polar surface area (TPSA) is 105 Å². The van der Waals surface area contributed by atoms with Gasteiger partial charge in [-0.1, -0.05) is 12.1 Å². The molecular weight excluding hydrogens is 362 g/mol. The number of likely N-dealkylation sites (tertiary alicyclic amines) is 1. The molecule has 0 bridgehead atoms. The number of para-hydroxylation sites is 1. The second-order valence-corrected chi connectivity index (χ2v) is 7.43. The van der Waals surface area contributed by atoms with Gasteiger partial charge < -0.3 is 24.6 Å². The highest BCUT2D eigenvalue weighted by atomic mass is 16.5. The lowest BCUT2D eigenvalue weighted by Crippen LogP contribution is -2.63. The van der Waals surface area contributed by atoms with Gasteiger partial charge in [0, 0.05) is 24.9 Å². The van der Waals surface area contributed by atoms with Crippen LogP contribution in [0.15, 0.2) is 30.6 Å². The molecule has 2 fully saturated rings. The van der Waals surface area contributed by atoms with Crippen LogP contribution in [0.3, 0.4) is 0 Å². The monoisotopic (exact) mass is 387 g/mol. The molecule has 1 amide bonds. The number of rotatable bonds is 6. The quantitative estimate of drug-likeness (QED) is 0.754. The zero-order valence-electron chi connectivity index (χ0n) is 15.7. The van der Waals surface area contributed by atoms with Gasteiger partial charge in [0.1, 0.15) is 6.33 Å². The molecule has 0 radical (unpaired) electrons. The molecule has 8 heteroatoms. The number of carbonyl (C=O) groups is 1. The van der Waals surface area contributed by atoms with Crippen molar-refractivity contribution in [3.8, 4) is 5.88 Å². The van der Waals surface area contributed by atoms with Crippen LogP contribution in [0.1, 0.15) is 19.3 Å². The van der Waals surface area contributed by atoms with E-state index in [4.69, 9.17) is 14.6 Å². The fourth-order valence-corrected chi connectivity index (χ4v) is 4.30. The largest absolute Gasteiger partial charge is 0.467 e. The first-order valence-corrected chi connectivity index (χ1v) is 9.65. The standard InChI is InChI=1S/C20H25N3O5/c24-9-10-27-17-11-16(25)20(17)5-7-23(8-6-20)18(26)12-28-19-14-3-1-2-4-15(14)21-13-22-19/h1-4,13,16-17,24-25H,5-12H2/t16-,17+/m1/s1. The number of carbonyl (C=O) groups excluding carboxylic acids is 1. The molecule has 2 atom stereocenters. The molecule has 8 nitrogen and oxygen atoms in total. The average molecular weight is 387 g/mol. The van der Waals surface area contributed by atoms with Crippen molar-refractivity contribution in [1.29, 1.82) is 0 Å². The van der Waals surface area contributed by atoms with Crippen molar-refractivity contribution in [2.45, 2.75) is 31.5 Å². The second-order valence-electron chi connectivity index (χ2n) is 7.43. The molecule has 1 aromatic heterocycles. The average Bonchev–Trinajstić information content (AvgIpc) is 2.74. The minimum absolute atomic E-state index is 0.0254. The van der Waals surface area contributed by atoms with Crippen LogP contribution in [0, 0.1) is 5.41 Å². The predicted octanol–water partition coefficient (Wildman–Crippen LogP) is 0.759. The molecule has 2 N–H and O–H groups in total. The summed E-state index contributed by atoms with van der Waals surface area (Å²) in [5.74, 6) is 0.304. The molecule has 4 rings (SSSR count). The van der Waals surface area contributed by atoms with E-state index in [9.17, 15) is 9.90 Å². The fraction of sp³-hybridized carbons (Fsp3) is 0.550. The summed E-state index contributed by atoms with van der Waals surface area (Å²) in [7, 11) is 0. The van der Waals surface area contributed by atoms with Gasteiger partial charge in [0.15, 0.2) is 6.61 Å². The Balaban J connectivity index is 1.33. The van der Waals surface area contributed by atoms with Gasteiger partial charge in [-0.05, 0) is 25.0 Å². The van der Waals surface area contributed by atoms with Crippen LogP contribution in [0.25, 0.3) is 10.9 Å². The minimum Gasteiger partial charge on any atom is -0.467 e. The van der Waals surface area contributed by atoms with Gasteiger partial charge in [0.2, 0.25) is 5.88 Å². The lowest BCUT2D eigenvalue weighted by Gasteiger charge is -2.56. The molecule has 1 spiro atoms. The third-order valence-corrected chi connectivity index (χ3v) is 6.04. The fourth-order valence-electron chi connectivity index (χ4n) is 4.30. The van der Waals surface area contributed by atoms with Crippen molar-refractivity contribution in [3.63, 3.8) is 0 Å². The minimum atomic E-state index is -0.405. The molecule has 2 aliphatic rings. The number of aromatic nitrogens is 2. The van der Waals surface area contributed by atoms with E-state index < -0.39 is 6.10 Å². The Kier molecular flexibility index (Phi) is 5.43. The lowest BCUT2D eigenvalue weighted by molar-refractivity contribution is -0.213. The van der Waals surface area contributed by atoms with Gasteiger partial charge in [-0.15, -0.1) is 0 Å². The van der Waals surface area contributed by atoms with Crippen molar-refractivity contribution in [2.75, 3.05) is 32.9 Å². The van der Waals surface area contributed by atoms with Gasteiger partial charge in [-0.25, -0.2) is 9.97 Å². The lowest BCUT2D eigenvalue weighted by atomic mass is 9.58. The Morgan fingerprint density at radius 3 is 2.79 bits per heavy atom. The zero-order chi connectivity index (χ0) is 19.6. The van der Waals surface area contributed by atoms with Crippen LogP contribution in [-0.4, -0.2) is 76.1 Å². The summed E-state index contributed by atoms with van der Waals surface area (Å²) in [6.45, 7) is 1.29. The van der Waals surface area contributed by atoms with Crippen LogP contribution in [0.2, 0.25) is 0 Å². The van der Waals surface area contributed by atoms with E-state index in [0.717, 1.165) is 10.9 Å². The highest BCUT2D eigenvalue weighted by Gasteiger charge is 2.56. The summed E-state index contributed by atoms with van der Waals surface area (Å²) >= 11 is 0. The van der Waals surface area contributed by atoms with Gasteiger partial charge in [-0.3, -0.25) is 4.79 Å². The van der Waals surface area contributed by atoms with E-state index in [0.29, 0.717) is 38.2 Å². The van der Waals surface area contributed by atoms with E-state index >= 15 is 0 Å². The van der Waals surface area contributed by atoms with E-state index in [1.807, 2.05) is 24.3 Å². The predicted molar refractivity (Wildman–Crippen MR) is 101 cm³/mol. The number of nitrogens with zero attached hydrogens (tertiary/aromatic N) is 3. The third-order valence-electron chi connectivity index (χ3n) is 6.04. The Bertz CT molecular complexity index is 832. The van der Waals surface area contributed by atoms with Gasteiger partial charge in [-0.2, -0.15) is 0 Å². The first-order chi connectivity index (χ1) is 13.6. The first kappa shape index (κ1) is 19.0. The van der Waals surface area contributed by atoms with Gasteiger partial charge in [0.05, 0.1) is 36.3 Å². The van der Waals surface area contributed by atoms with Crippen LogP contribution in [-0.2, 0) is 9.53 Å². The van der Waals surface area contributed by atoms with Crippen LogP contribution < -0.4 is 4.74 Å². The van der Waals surface area contributed by atoms with Crippen molar-refractivity contribution < 1.29 is 24.5 Å². The van der Waals surface area contributed by atoms with Crippen LogP contribution >= 0.6 is 0 Å². The molecular formula is C20H25N3O5. The number of aliphatic hydroxyl groups excluding tert-OH is 2. The number of fused-ring (bicyclic) bond motifs is 1. The summed E-state index contributed by atoms with van der Waals surface area (Å²) in [6.07, 6.45) is 2.95. The normalized spacial score (nSPS) is 23.6. The second kappa shape index (κ2) is 7.98. The molecule has 1 aliphatic heterocycles. The third kappa shape index (κ3) is 3.43. The van der Waals surface area contributed by atoms with Crippen molar-refractivity contribution in [3.05, 3.63) is 30.6 Å². The molecule has 1 aliphatic carbocycles.